The molecule has 1 aliphatic carbocycles. The monoisotopic (exact) mass is 218 g/mol. The molecule has 0 aromatic heterocycles. The molecule has 1 N–H and O–H groups in total. The third kappa shape index (κ3) is 2.11. The standard InChI is InChI=1S/C14H18O2/c1-9-6-11-4-3-5-12(8-14(15)16)13(11)7-10(9)2/h6-7,12H,3-5,8H2,1-2H3,(H,15,16). The molecule has 1 aromatic carbocycles. The normalized spacial score (nSPS) is 19.2. The molecule has 0 bridgehead atoms. The Morgan fingerprint density at radius 1 is 1.38 bits per heavy atom. The van der Waals surface area contributed by atoms with Crippen molar-refractivity contribution in [3.05, 3.63) is 34.4 Å². The molecule has 0 fully saturated rings. The number of hydrogen-bond donors (Lipinski definition) is 1. The number of fused-ring (bicyclic) bond motifs is 1. The van der Waals surface area contributed by atoms with Gasteiger partial charge in [0, 0.05) is 0 Å². The van der Waals surface area contributed by atoms with E-state index in [0.29, 0.717) is 0 Å². The Morgan fingerprint density at radius 2 is 2.06 bits per heavy atom. The molecule has 1 aliphatic rings. The molecule has 0 spiro atoms. The van der Waals surface area contributed by atoms with Gasteiger partial charge in [-0.15, -0.1) is 0 Å². The molecule has 2 nitrogen and oxygen atoms in total. The number of hydrogen-bond acceptors (Lipinski definition) is 1. The van der Waals surface area contributed by atoms with Gasteiger partial charge in [0.2, 0.25) is 0 Å². The van der Waals surface area contributed by atoms with Crippen molar-refractivity contribution in [1.82, 2.24) is 0 Å². The quantitative estimate of drug-likeness (QED) is 0.827. The highest BCUT2D eigenvalue weighted by atomic mass is 16.4. The number of carboxylic acid groups (broad SMARTS) is 1. The van der Waals surface area contributed by atoms with E-state index in [1.54, 1.807) is 0 Å². The Morgan fingerprint density at radius 3 is 2.75 bits per heavy atom. The van der Waals surface area contributed by atoms with Gasteiger partial charge in [0.1, 0.15) is 0 Å². The van der Waals surface area contributed by atoms with Crippen molar-refractivity contribution in [2.45, 2.75) is 45.4 Å². The van der Waals surface area contributed by atoms with Crippen LogP contribution >= 0.6 is 0 Å². The zero-order chi connectivity index (χ0) is 11.7. The summed E-state index contributed by atoms with van der Waals surface area (Å²) in [6.45, 7) is 4.22. The van der Waals surface area contributed by atoms with Crippen LogP contribution in [-0.4, -0.2) is 11.1 Å². The minimum atomic E-state index is -0.684. The molecule has 0 heterocycles. The van der Waals surface area contributed by atoms with Crippen LogP contribution in [0.3, 0.4) is 0 Å². The lowest BCUT2D eigenvalue weighted by atomic mass is 9.79. The van der Waals surface area contributed by atoms with Gasteiger partial charge in [-0.05, 0) is 61.3 Å². The van der Waals surface area contributed by atoms with Crippen molar-refractivity contribution in [1.29, 1.82) is 0 Å². The van der Waals surface area contributed by atoms with Crippen LogP contribution < -0.4 is 0 Å². The van der Waals surface area contributed by atoms with Crippen LogP contribution in [0.25, 0.3) is 0 Å². The van der Waals surface area contributed by atoms with Crippen molar-refractivity contribution < 1.29 is 9.90 Å². The van der Waals surface area contributed by atoms with Crippen LogP contribution in [0, 0.1) is 13.8 Å². The lowest BCUT2D eigenvalue weighted by Gasteiger charge is -2.25. The SMILES string of the molecule is Cc1cc2c(cc1C)C(CC(=O)O)CCC2. The average molecular weight is 218 g/mol. The van der Waals surface area contributed by atoms with E-state index >= 15 is 0 Å². The summed E-state index contributed by atoms with van der Waals surface area (Å²) in [5, 5.41) is 8.92. The Kier molecular flexibility index (Phi) is 2.99. The molecule has 0 radical (unpaired) electrons. The molecular formula is C14H18O2. The van der Waals surface area contributed by atoms with Gasteiger partial charge in [-0.3, -0.25) is 4.79 Å². The van der Waals surface area contributed by atoms with E-state index < -0.39 is 5.97 Å². The van der Waals surface area contributed by atoms with Crippen LogP contribution in [0.15, 0.2) is 12.1 Å². The van der Waals surface area contributed by atoms with Gasteiger partial charge in [-0.1, -0.05) is 12.1 Å². The second-order valence-electron chi connectivity index (χ2n) is 4.82. The van der Waals surface area contributed by atoms with Gasteiger partial charge in [0.05, 0.1) is 6.42 Å². The van der Waals surface area contributed by atoms with Gasteiger partial charge in [0.25, 0.3) is 0 Å². The van der Waals surface area contributed by atoms with E-state index in [1.807, 2.05) is 0 Å². The number of aliphatic carboxylic acids is 1. The third-order valence-corrected chi connectivity index (χ3v) is 3.62. The third-order valence-electron chi connectivity index (χ3n) is 3.62. The van der Waals surface area contributed by atoms with Crippen LogP contribution in [0.1, 0.15) is 47.4 Å². The maximum Gasteiger partial charge on any atom is 0.303 e. The van der Waals surface area contributed by atoms with Crippen molar-refractivity contribution in [3.63, 3.8) is 0 Å². The average Bonchev–Trinajstić information content (AvgIpc) is 2.20. The highest BCUT2D eigenvalue weighted by Gasteiger charge is 2.22. The molecule has 2 heteroatoms. The molecular weight excluding hydrogens is 200 g/mol. The maximum atomic E-state index is 10.8. The van der Waals surface area contributed by atoms with E-state index in [4.69, 9.17) is 5.11 Å². The minimum Gasteiger partial charge on any atom is -0.481 e. The number of aryl methyl sites for hydroxylation is 3. The number of carboxylic acids is 1. The first-order chi connectivity index (χ1) is 7.58. The summed E-state index contributed by atoms with van der Waals surface area (Å²) in [5.41, 5.74) is 5.23. The first kappa shape index (κ1) is 11.2. The summed E-state index contributed by atoms with van der Waals surface area (Å²) in [6.07, 6.45) is 3.51. The first-order valence-corrected chi connectivity index (χ1v) is 5.89. The first-order valence-electron chi connectivity index (χ1n) is 5.89. The molecule has 2 rings (SSSR count). The molecule has 86 valence electrons. The van der Waals surface area contributed by atoms with Crippen molar-refractivity contribution >= 4 is 5.97 Å². The van der Waals surface area contributed by atoms with E-state index in [-0.39, 0.29) is 12.3 Å². The minimum absolute atomic E-state index is 0.223. The van der Waals surface area contributed by atoms with Crippen LogP contribution in [0.5, 0.6) is 0 Å². The largest absolute Gasteiger partial charge is 0.481 e. The summed E-state index contributed by atoms with van der Waals surface area (Å²) < 4.78 is 0. The molecule has 1 aromatic rings. The molecule has 0 aliphatic heterocycles. The molecule has 1 atom stereocenters. The second kappa shape index (κ2) is 4.28. The number of benzene rings is 1. The smallest absolute Gasteiger partial charge is 0.303 e. The zero-order valence-electron chi connectivity index (χ0n) is 9.92. The fourth-order valence-electron chi connectivity index (χ4n) is 2.61. The van der Waals surface area contributed by atoms with Gasteiger partial charge in [0.15, 0.2) is 0 Å². The fourth-order valence-corrected chi connectivity index (χ4v) is 2.61. The number of carbonyl (C=O) groups is 1. The highest BCUT2D eigenvalue weighted by Crippen LogP contribution is 2.35. The molecule has 0 amide bonds. The zero-order valence-corrected chi connectivity index (χ0v) is 9.92. The van der Waals surface area contributed by atoms with Crippen molar-refractivity contribution in [2.24, 2.45) is 0 Å². The van der Waals surface area contributed by atoms with E-state index in [9.17, 15) is 4.79 Å². The lowest BCUT2D eigenvalue weighted by Crippen LogP contribution is -2.14. The Labute approximate surface area is 96.3 Å². The number of rotatable bonds is 2. The van der Waals surface area contributed by atoms with Gasteiger partial charge >= 0.3 is 5.97 Å². The summed E-state index contributed by atoms with van der Waals surface area (Å²) in [7, 11) is 0. The van der Waals surface area contributed by atoms with Gasteiger partial charge in [-0.2, -0.15) is 0 Å². The van der Waals surface area contributed by atoms with Gasteiger partial charge in [-0.25, -0.2) is 0 Å². The van der Waals surface area contributed by atoms with Crippen molar-refractivity contribution in [2.75, 3.05) is 0 Å². The van der Waals surface area contributed by atoms with E-state index in [1.165, 1.54) is 22.3 Å². The van der Waals surface area contributed by atoms with Crippen LogP contribution in [0.2, 0.25) is 0 Å². The molecule has 0 saturated heterocycles. The highest BCUT2D eigenvalue weighted by molar-refractivity contribution is 5.68. The fraction of sp³-hybridized carbons (Fsp3) is 0.500. The summed E-state index contributed by atoms with van der Waals surface area (Å²) in [4.78, 5) is 10.8. The topological polar surface area (TPSA) is 37.3 Å². The molecule has 0 saturated carbocycles. The Balaban J connectivity index is 2.37. The summed E-state index contributed by atoms with van der Waals surface area (Å²) in [5.74, 6) is -0.461. The maximum absolute atomic E-state index is 10.8. The Bertz CT molecular complexity index is 421. The van der Waals surface area contributed by atoms with Crippen LogP contribution in [-0.2, 0) is 11.2 Å². The predicted octanol–water partition coefficient (Wildman–Crippen LogP) is 3.20. The molecule has 16 heavy (non-hydrogen) atoms. The second-order valence-corrected chi connectivity index (χ2v) is 4.82. The van der Waals surface area contributed by atoms with Crippen molar-refractivity contribution in [3.8, 4) is 0 Å². The predicted molar refractivity (Wildman–Crippen MR) is 63.8 cm³/mol. The van der Waals surface area contributed by atoms with Crippen LogP contribution in [0.4, 0.5) is 0 Å². The summed E-state index contributed by atoms with van der Waals surface area (Å²) in [6, 6.07) is 4.43. The summed E-state index contributed by atoms with van der Waals surface area (Å²) >= 11 is 0. The van der Waals surface area contributed by atoms with E-state index in [0.717, 1.165) is 19.3 Å². The lowest BCUT2D eigenvalue weighted by molar-refractivity contribution is -0.137. The molecule has 1 unspecified atom stereocenters. The Hall–Kier alpha value is -1.31. The van der Waals surface area contributed by atoms with E-state index in [2.05, 4.69) is 26.0 Å². The van der Waals surface area contributed by atoms with Gasteiger partial charge < -0.3 is 5.11 Å².